The van der Waals surface area contributed by atoms with Crippen LogP contribution in [-0.2, 0) is 10.0 Å². The third kappa shape index (κ3) is 3.90. The first kappa shape index (κ1) is 19.2. The number of hydrogen-bond acceptors (Lipinski definition) is 5. The van der Waals surface area contributed by atoms with Gasteiger partial charge in [0.15, 0.2) is 5.03 Å². The quantitative estimate of drug-likeness (QED) is 0.657. The first-order valence-corrected chi connectivity index (χ1v) is 10.9. The summed E-state index contributed by atoms with van der Waals surface area (Å²) in [7, 11) is -3.76. The maximum Gasteiger partial charge on any atom is 0.261 e. The Labute approximate surface area is 170 Å². The molecule has 0 spiro atoms. The second kappa shape index (κ2) is 8.11. The van der Waals surface area contributed by atoms with Gasteiger partial charge in [0.1, 0.15) is 0 Å². The maximum absolute atomic E-state index is 13.5. The van der Waals surface area contributed by atoms with E-state index in [9.17, 15) is 8.42 Å². The van der Waals surface area contributed by atoms with Gasteiger partial charge in [0.05, 0.1) is 23.4 Å². The number of hydrogen-bond donors (Lipinski definition) is 0. The van der Waals surface area contributed by atoms with Crippen molar-refractivity contribution < 1.29 is 8.42 Å². The molecule has 1 aliphatic heterocycles. The van der Waals surface area contributed by atoms with Gasteiger partial charge in [-0.3, -0.25) is 4.98 Å². The Kier molecular flexibility index (Phi) is 5.38. The molecule has 1 saturated heterocycles. The number of rotatable bonds is 4. The van der Waals surface area contributed by atoms with E-state index in [-0.39, 0.29) is 11.1 Å². The van der Waals surface area contributed by atoms with E-state index < -0.39 is 10.0 Å². The SMILES string of the molecule is N#Cc1ccc(-c2cccc(S(=O)(=O)N3CCCCC3c3cccnc3)n2)cc1. The molecule has 1 fully saturated rings. The minimum absolute atomic E-state index is 0.0372. The largest absolute Gasteiger partial charge is 0.264 e. The van der Waals surface area contributed by atoms with E-state index in [0.717, 1.165) is 30.4 Å². The molecule has 0 amide bonds. The van der Waals surface area contributed by atoms with Gasteiger partial charge in [-0.2, -0.15) is 9.57 Å². The second-order valence-electron chi connectivity index (χ2n) is 6.96. The van der Waals surface area contributed by atoms with Gasteiger partial charge in [-0.25, -0.2) is 13.4 Å². The summed E-state index contributed by atoms with van der Waals surface area (Å²) in [5.74, 6) is 0. The fourth-order valence-electron chi connectivity index (χ4n) is 3.65. The van der Waals surface area contributed by atoms with Crippen LogP contribution in [0.15, 0.2) is 72.0 Å². The van der Waals surface area contributed by atoms with Gasteiger partial charge >= 0.3 is 0 Å². The van der Waals surface area contributed by atoms with Gasteiger partial charge in [-0.1, -0.05) is 30.7 Å². The van der Waals surface area contributed by atoms with E-state index in [0.29, 0.717) is 17.8 Å². The molecule has 1 unspecified atom stereocenters. The zero-order valence-corrected chi connectivity index (χ0v) is 16.6. The van der Waals surface area contributed by atoms with Gasteiger partial charge in [-0.15, -0.1) is 0 Å². The van der Waals surface area contributed by atoms with Crippen LogP contribution < -0.4 is 0 Å². The highest BCUT2D eigenvalue weighted by atomic mass is 32.2. The monoisotopic (exact) mass is 404 g/mol. The van der Waals surface area contributed by atoms with E-state index in [2.05, 4.69) is 16.0 Å². The van der Waals surface area contributed by atoms with Crippen molar-refractivity contribution in [2.75, 3.05) is 6.54 Å². The number of nitrogens with zero attached hydrogens (tertiary/aromatic N) is 4. The van der Waals surface area contributed by atoms with Crippen molar-refractivity contribution >= 4 is 10.0 Å². The highest BCUT2D eigenvalue weighted by Gasteiger charge is 2.35. The molecule has 146 valence electrons. The number of nitriles is 1. The van der Waals surface area contributed by atoms with Crippen LogP contribution in [0.4, 0.5) is 0 Å². The zero-order chi connectivity index (χ0) is 20.3. The predicted octanol–water partition coefficient (Wildman–Crippen LogP) is 3.93. The van der Waals surface area contributed by atoms with Crippen molar-refractivity contribution in [1.29, 1.82) is 5.26 Å². The molecular formula is C22H20N4O2S. The smallest absolute Gasteiger partial charge is 0.261 e. The highest BCUT2D eigenvalue weighted by molar-refractivity contribution is 7.89. The van der Waals surface area contributed by atoms with Crippen LogP contribution in [0.25, 0.3) is 11.3 Å². The third-order valence-electron chi connectivity index (χ3n) is 5.13. The van der Waals surface area contributed by atoms with E-state index >= 15 is 0 Å². The Hall–Kier alpha value is -3.08. The topological polar surface area (TPSA) is 87.0 Å². The van der Waals surface area contributed by atoms with Crippen LogP contribution in [0.1, 0.15) is 36.4 Å². The number of aromatic nitrogens is 2. The average molecular weight is 404 g/mol. The third-order valence-corrected chi connectivity index (χ3v) is 6.94. The molecule has 6 nitrogen and oxygen atoms in total. The van der Waals surface area contributed by atoms with Crippen LogP contribution in [-0.4, -0.2) is 29.2 Å². The fourth-order valence-corrected chi connectivity index (χ4v) is 5.29. The Balaban J connectivity index is 1.70. The van der Waals surface area contributed by atoms with E-state index in [4.69, 9.17) is 5.26 Å². The van der Waals surface area contributed by atoms with Crippen LogP contribution in [0.3, 0.4) is 0 Å². The highest BCUT2D eigenvalue weighted by Crippen LogP contribution is 2.35. The lowest BCUT2D eigenvalue weighted by molar-refractivity contribution is 0.255. The van der Waals surface area contributed by atoms with Crippen LogP contribution in [0, 0.1) is 11.3 Å². The zero-order valence-electron chi connectivity index (χ0n) is 15.8. The summed E-state index contributed by atoms with van der Waals surface area (Å²) in [5.41, 5.74) is 2.78. The molecule has 0 N–H and O–H groups in total. The molecule has 29 heavy (non-hydrogen) atoms. The van der Waals surface area contributed by atoms with Crippen molar-refractivity contribution in [3.8, 4) is 17.3 Å². The lowest BCUT2D eigenvalue weighted by Crippen LogP contribution is -2.38. The molecule has 1 aromatic carbocycles. The Morgan fingerprint density at radius 1 is 1.03 bits per heavy atom. The first-order chi connectivity index (χ1) is 14.1. The Morgan fingerprint density at radius 3 is 2.59 bits per heavy atom. The van der Waals surface area contributed by atoms with E-state index in [1.807, 2.05) is 12.1 Å². The molecule has 4 rings (SSSR count). The van der Waals surface area contributed by atoms with Crippen molar-refractivity contribution in [3.63, 3.8) is 0 Å². The summed E-state index contributed by atoms with van der Waals surface area (Å²) in [4.78, 5) is 8.60. The van der Waals surface area contributed by atoms with Gasteiger partial charge in [0.25, 0.3) is 10.0 Å². The minimum Gasteiger partial charge on any atom is -0.264 e. The fraction of sp³-hybridized carbons (Fsp3) is 0.227. The Bertz CT molecular complexity index is 1140. The van der Waals surface area contributed by atoms with E-state index in [1.165, 1.54) is 6.07 Å². The van der Waals surface area contributed by atoms with Gasteiger partial charge < -0.3 is 0 Å². The standard InChI is InChI=1S/C22H20N4O2S/c23-15-17-9-11-18(12-10-17)20-6-3-8-22(25-20)29(27,28)26-14-2-1-7-21(26)19-5-4-13-24-16-19/h3-6,8-13,16,21H,1-2,7,14H2. The summed E-state index contributed by atoms with van der Waals surface area (Å²) < 4.78 is 28.5. The molecule has 0 saturated carbocycles. The van der Waals surface area contributed by atoms with Crippen molar-refractivity contribution in [3.05, 3.63) is 78.1 Å². The van der Waals surface area contributed by atoms with Gasteiger partial charge in [0, 0.05) is 24.5 Å². The molecule has 1 aliphatic rings. The van der Waals surface area contributed by atoms with Crippen LogP contribution >= 0.6 is 0 Å². The molecule has 0 aliphatic carbocycles. The predicted molar refractivity (Wildman–Crippen MR) is 109 cm³/mol. The molecule has 3 heterocycles. The molecule has 2 aromatic heterocycles. The van der Waals surface area contributed by atoms with Crippen molar-refractivity contribution in [2.24, 2.45) is 0 Å². The summed E-state index contributed by atoms with van der Waals surface area (Å²) >= 11 is 0. The molecule has 0 bridgehead atoms. The summed E-state index contributed by atoms with van der Waals surface area (Å²) in [6.45, 7) is 0.463. The molecule has 0 radical (unpaired) electrons. The number of sulfonamides is 1. The molecule has 1 atom stereocenters. The van der Waals surface area contributed by atoms with Crippen molar-refractivity contribution in [1.82, 2.24) is 14.3 Å². The van der Waals surface area contributed by atoms with Gasteiger partial charge in [0.2, 0.25) is 0 Å². The number of pyridine rings is 2. The molecular weight excluding hydrogens is 384 g/mol. The minimum atomic E-state index is -3.76. The van der Waals surface area contributed by atoms with Crippen LogP contribution in [0.5, 0.6) is 0 Å². The summed E-state index contributed by atoms with van der Waals surface area (Å²) in [6, 6.07) is 17.6. The first-order valence-electron chi connectivity index (χ1n) is 9.49. The number of piperidine rings is 1. The maximum atomic E-state index is 13.5. The average Bonchev–Trinajstić information content (AvgIpc) is 2.80. The molecule has 7 heteroatoms. The lowest BCUT2D eigenvalue weighted by atomic mass is 9.99. The lowest BCUT2D eigenvalue weighted by Gasteiger charge is -2.34. The summed E-state index contributed by atoms with van der Waals surface area (Å²) in [5, 5.41) is 9.00. The van der Waals surface area contributed by atoms with Gasteiger partial charge in [-0.05, 0) is 48.7 Å². The van der Waals surface area contributed by atoms with Crippen LogP contribution in [0.2, 0.25) is 0 Å². The normalized spacial score (nSPS) is 17.6. The summed E-state index contributed by atoms with van der Waals surface area (Å²) in [6.07, 6.45) is 5.99. The second-order valence-corrected chi connectivity index (χ2v) is 8.80. The molecule has 3 aromatic rings. The number of benzene rings is 1. The Morgan fingerprint density at radius 2 is 1.86 bits per heavy atom. The van der Waals surface area contributed by atoms with Crippen molar-refractivity contribution in [2.45, 2.75) is 30.3 Å². The van der Waals surface area contributed by atoms with E-state index in [1.54, 1.807) is 53.1 Å².